The summed E-state index contributed by atoms with van der Waals surface area (Å²) in [7, 11) is 1.37. The number of esters is 2. The number of phosphoric acid groups is 1. The van der Waals surface area contributed by atoms with Gasteiger partial charge in [0.05, 0.1) is 46.1 Å². The normalized spacial score (nSPS) is 19.8. The predicted molar refractivity (Wildman–Crippen MR) is 263 cm³/mol. The third kappa shape index (κ3) is 36.1. The van der Waals surface area contributed by atoms with Crippen LogP contribution in [0.2, 0.25) is 0 Å². The highest BCUT2D eigenvalue weighted by Gasteiger charge is 2.39. The van der Waals surface area contributed by atoms with Gasteiger partial charge in [-0.25, -0.2) is 4.57 Å². The molecule has 1 unspecified atom stereocenters. The van der Waals surface area contributed by atoms with Crippen molar-refractivity contribution in [2.45, 2.75) is 237 Å². The van der Waals surface area contributed by atoms with E-state index >= 15 is 0 Å². The molecular formula is C52H99NO11P+. The minimum atomic E-state index is -4.43. The zero-order valence-corrected chi connectivity index (χ0v) is 43.0. The number of likely N-dealkylation sites (N-methyl/N-ethyl adjacent to an activating group) is 1. The van der Waals surface area contributed by atoms with E-state index in [0.29, 0.717) is 36.7 Å². The van der Waals surface area contributed by atoms with Crippen molar-refractivity contribution in [2.24, 2.45) is 11.8 Å². The van der Waals surface area contributed by atoms with Crippen LogP contribution in [0.4, 0.5) is 0 Å². The summed E-state index contributed by atoms with van der Waals surface area (Å²) in [6, 6.07) is 0. The van der Waals surface area contributed by atoms with Gasteiger partial charge in [-0.15, -0.1) is 0 Å². The second-order valence-electron chi connectivity index (χ2n) is 19.9. The number of carbonyl (C=O) groups is 2. The monoisotopic (exact) mass is 945 g/mol. The molecule has 13 heteroatoms. The van der Waals surface area contributed by atoms with Crippen molar-refractivity contribution >= 4 is 19.8 Å². The molecule has 1 rings (SSSR count). The first-order chi connectivity index (χ1) is 31.2. The molecule has 0 aromatic carbocycles. The van der Waals surface area contributed by atoms with Crippen LogP contribution in [0.1, 0.15) is 213 Å². The van der Waals surface area contributed by atoms with Crippen molar-refractivity contribution in [2.75, 3.05) is 47.5 Å². The molecule has 0 saturated heterocycles. The fourth-order valence-electron chi connectivity index (χ4n) is 8.40. The van der Waals surface area contributed by atoms with Gasteiger partial charge in [-0.2, -0.15) is 0 Å². The Morgan fingerprint density at radius 3 is 1.74 bits per heavy atom. The van der Waals surface area contributed by atoms with Crippen LogP contribution in [0.15, 0.2) is 24.3 Å². The number of nitrogens with zero attached hydrogens (tertiary/aromatic N) is 1. The Morgan fingerprint density at radius 1 is 0.662 bits per heavy atom. The maximum atomic E-state index is 12.8. The molecule has 1 aliphatic carbocycles. The largest absolute Gasteiger partial charge is 0.472 e. The number of unbranched alkanes of at least 4 members (excludes halogenated alkanes) is 22. The number of ether oxygens (including phenoxy) is 2. The molecule has 1 fully saturated rings. The summed E-state index contributed by atoms with van der Waals surface area (Å²) in [5, 5.41) is 31.5. The van der Waals surface area contributed by atoms with Crippen LogP contribution in [-0.4, -0.2) is 109 Å². The van der Waals surface area contributed by atoms with E-state index in [0.717, 1.165) is 64.2 Å². The minimum absolute atomic E-state index is 0.00164. The number of rotatable bonds is 44. The van der Waals surface area contributed by atoms with Gasteiger partial charge in [-0.1, -0.05) is 167 Å². The van der Waals surface area contributed by atoms with Gasteiger partial charge in [-0.05, 0) is 57.3 Å². The quantitative estimate of drug-likeness (QED) is 0.0151. The Hall–Kier alpha value is -1.63. The van der Waals surface area contributed by atoms with E-state index in [1.807, 2.05) is 27.2 Å². The van der Waals surface area contributed by atoms with Crippen molar-refractivity contribution in [3.8, 4) is 0 Å². The maximum Gasteiger partial charge on any atom is 0.472 e. The molecule has 0 spiro atoms. The van der Waals surface area contributed by atoms with Gasteiger partial charge >= 0.3 is 19.8 Å². The van der Waals surface area contributed by atoms with Crippen LogP contribution >= 0.6 is 7.82 Å². The van der Waals surface area contributed by atoms with E-state index in [1.165, 1.54) is 96.3 Å². The third-order valence-corrected chi connectivity index (χ3v) is 13.5. The zero-order valence-electron chi connectivity index (χ0n) is 42.1. The third-order valence-electron chi connectivity index (χ3n) is 12.6. The van der Waals surface area contributed by atoms with Crippen molar-refractivity contribution in [1.29, 1.82) is 0 Å². The lowest BCUT2D eigenvalue weighted by molar-refractivity contribution is -0.870. The van der Waals surface area contributed by atoms with E-state index in [4.69, 9.17) is 18.5 Å². The van der Waals surface area contributed by atoms with Gasteiger partial charge in [0, 0.05) is 25.2 Å². The molecule has 0 radical (unpaired) electrons. The lowest BCUT2D eigenvalue weighted by Crippen LogP contribution is -2.37. The van der Waals surface area contributed by atoms with Gasteiger partial charge in [-0.3, -0.25) is 18.6 Å². The molecule has 1 aliphatic rings. The maximum absolute atomic E-state index is 12.8. The second-order valence-corrected chi connectivity index (χ2v) is 21.3. The molecule has 65 heavy (non-hydrogen) atoms. The predicted octanol–water partition coefficient (Wildman–Crippen LogP) is 11.9. The van der Waals surface area contributed by atoms with Crippen LogP contribution in [0, 0.1) is 11.8 Å². The fraction of sp³-hybridized carbons (Fsp3) is 0.885. The molecule has 4 N–H and O–H groups in total. The highest BCUT2D eigenvalue weighted by Crippen LogP contribution is 2.43. The van der Waals surface area contributed by atoms with Gasteiger partial charge in [0.2, 0.25) is 0 Å². The zero-order chi connectivity index (χ0) is 48.0. The van der Waals surface area contributed by atoms with E-state index in [2.05, 4.69) is 26.0 Å². The van der Waals surface area contributed by atoms with Crippen LogP contribution in [0.25, 0.3) is 0 Å². The molecule has 0 aromatic heterocycles. The molecule has 0 heterocycles. The Bertz CT molecular complexity index is 1270. The summed E-state index contributed by atoms with van der Waals surface area (Å²) >= 11 is 0. The van der Waals surface area contributed by atoms with Crippen molar-refractivity contribution in [3.63, 3.8) is 0 Å². The van der Waals surface area contributed by atoms with Crippen LogP contribution in [-0.2, 0) is 32.7 Å². The number of aliphatic hydroxyl groups is 3. The summed E-state index contributed by atoms with van der Waals surface area (Å²) in [6.45, 7) is 4.11. The van der Waals surface area contributed by atoms with E-state index in [1.54, 1.807) is 6.08 Å². The number of quaternary nitrogens is 1. The summed E-state index contributed by atoms with van der Waals surface area (Å²) in [5.74, 6) is -1.20. The Kier molecular flexibility index (Phi) is 37.1. The molecule has 0 bridgehead atoms. The van der Waals surface area contributed by atoms with Crippen molar-refractivity contribution in [3.05, 3.63) is 24.3 Å². The highest BCUT2D eigenvalue weighted by atomic mass is 31.2. The average molecular weight is 945 g/mol. The number of allylic oxidation sites excluding steroid dienone is 2. The molecule has 1 saturated carbocycles. The van der Waals surface area contributed by atoms with Gasteiger partial charge < -0.3 is 34.2 Å². The molecule has 0 amide bonds. The van der Waals surface area contributed by atoms with E-state index in [9.17, 15) is 34.4 Å². The van der Waals surface area contributed by atoms with E-state index in [-0.39, 0.29) is 37.9 Å². The molecule has 7 atom stereocenters. The smallest absolute Gasteiger partial charge is 0.462 e. The second kappa shape index (κ2) is 39.2. The van der Waals surface area contributed by atoms with Gasteiger partial charge in [0.1, 0.15) is 19.8 Å². The summed E-state index contributed by atoms with van der Waals surface area (Å²) < 4.78 is 34.5. The Balaban J connectivity index is 2.36. The standard InChI is InChI=1S/C52H98NO11P/c1-6-8-10-11-12-13-14-15-16-17-18-19-20-21-22-23-24-25-26-27-33-37-52(58)64-46(44-63-65(59,60)62-41-40-53(3,4)5)43-61-51(57)36-32-29-28-31-35-47-48(50(56)42-49(47)55)39-38-45(54)34-30-9-7-2/h15-16,38-39,45-50,54-56H,6-14,17-37,40-44H2,1-5H3/p+1/b16-15-,39-38+/t45-,46+,47+,48+,49-,50+/m0/s1. The van der Waals surface area contributed by atoms with Gasteiger partial charge in [0.15, 0.2) is 6.10 Å². The SMILES string of the molecule is CCCCCCCC/C=C\CCCCCCCCCCCCCC(=O)O[C@H](COC(=O)CCCCCC[C@@H]1[C@@H](/C=C/[C@@H](O)CCCCC)[C@H](O)C[C@@H]1O)COP(=O)(O)OCC[N+](C)(C)C. The van der Waals surface area contributed by atoms with Gasteiger partial charge in [0.25, 0.3) is 0 Å². The summed E-state index contributed by atoms with van der Waals surface area (Å²) in [6.07, 6.45) is 37.2. The number of phosphoric ester groups is 1. The van der Waals surface area contributed by atoms with Crippen LogP contribution < -0.4 is 0 Å². The number of hydrogen-bond donors (Lipinski definition) is 4. The number of hydrogen-bond acceptors (Lipinski definition) is 10. The van der Waals surface area contributed by atoms with Crippen LogP contribution in [0.5, 0.6) is 0 Å². The lowest BCUT2D eigenvalue weighted by Gasteiger charge is -2.24. The molecule has 382 valence electrons. The average Bonchev–Trinajstić information content (AvgIpc) is 3.52. The van der Waals surface area contributed by atoms with Crippen molar-refractivity contribution in [1.82, 2.24) is 0 Å². The Labute approximate surface area is 396 Å². The summed E-state index contributed by atoms with van der Waals surface area (Å²) in [4.78, 5) is 35.8. The first-order valence-electron chi connectivity index (χ1n) is 26.3. The molecule has 0 aromatic rings. The molecular weight excluding hydrogens is 846 g/mol. The topological polar surface area (TPSA) is 169 Å². The van der Waals surface area contributed by atoms with E-state index < -0.39 is 50.8 Å². The summed E-state index contributed by atoms with van der Waals surface area (Å²) in [5.41, 5.74) is 0. The Morgan fingerprint density at radius 2 is 1.17 bits per heavy atom. The fourth-order valence-corrected chi connectivity index (χ4v) is 9.14. The number of aliphatic hydroxyl groups excluding tert-OH is 3. The molecule has 0 aliphatic heterocycles. The van der Waals surface area contributed by atoms with Crippen molar-refractivity contribution < 1.29 is 57.4 Å². The first-order valence-corrected chi connectivity index (χ1v) is 27.8. The minimum Gasteiger partial charge on any atom is -0.462 e. The first kappa shape index (κ1) is 61.4. The lowest BCUT2D eigenvalue weighted by atomic mass is 9.88. The highest BCUT2D eigenvalue weighted by molar-refractivity contribution is 7.47. The molecule has 12 nitrogen and oxygen atoms in total. The number of carbonyl (C=O) groups excluding carboxylic acids is 2. The van der Waals surface area contributed by atoms with Crippen LogP contribution in [0.3, 0.4) is 0 Å².